The van der Waals surface area contributed by atoms with Gasteiger partial charge in [-0.05, 0) is 33.8 Å². The molecule has 0 saturated heterocycles. The SMILES string of the molecule is Cc1cc(Cl)nc(NC(=O)c2c(C)oc(C)c2C)n1. The number of aryl methyl sites for hydroxylation is 3. The van der Waals surface area contributed by atoms with Crippen LogP contribution >= 0.6 is 11.6 Å². The summed E-state index contributed by atoms with van der Waals surface area (Å²) in [5.74, 6) is 1.19. The van der Waals surface area contributed by atoms with E-state index in [0.29, 0.717) is 22.2 Å². The van der Waals surface area contributed by atoms with E-state index in [1.54, 1.807) is 19.9 Å². The van der Waals surface area contributed by atoms with E-state index in [1.165, 1.54) is 0 Å². The van der Waals surface area contributed by atoms with E-state index in [4.69, 9.17) is 16.0 Å². The van der Waals surface area contributed by atoms with Crippen molar-refractivity contribution in [2.75, 3.05) is 5.32 Å². The number of nitrogens with zero attached hydrogens (tertiary/aromatic N) is 2. The second kappa shape index (κ2) is 5.01. The largest absolute Gasteiger partial charge is 0.466 e. The summed E-state index contributed by atoms with van der Waals surface area (Å²) < 4.78 is 5.42. The zero-order chi connectivity index (χ0) is 14.2. The number of carbonyl (C=O) groups excluding carboxylic acids is 1. The summed E-state index contributed by atoms with van der Waals surface area (Å²) in [6, 6.07) is 1.62. The lowest BCUT2D eigenvalue weighted by Crippen LogP contribution is -2.16. The fourth-order valence-electron chi connectivity index (χ4n) is 1.88. The summed E-state index contributed by atoms with van der Waals surface area (Å²) in [7, 11) is 0. The van der Waals surface area contributed by atoms with Crippen molar-refractivity contribution in [1.29, 1.82) is 0 Å². The maximum Gasteiger partial charge on any atom is 0.261 e. The molecule has 2 heterocycles. The molecule has 0 bridgehead atoms. The third-order valence-corrected chi connectivity index (χ3v) is 3.03. The Labute approximate surface area is 116 Å². The monoisotopic (exact) mass is 279 g/mol. The molecule has 6 heteroatoms. The van der Waals surface area contributed by atoms with Gasteiger partial charge < -0.3 is 4.42 Å². The van der Waals surface area contributed by atoms with E-state index in [1.807, 2.05) is 13.8 Å². The molecule has 0 fully saturated rings. The molecule has 0 radical (unpaired) electrons. The summed E-state index contributed by atoms with van der Waals surface area (Å²) in [5.41, 5.74) is 2.01. The lowest BCUT2D eigenvalue weighted by Gasteiger charge is -2.05. The van der Waals surface area contributed by atoms with Gasteiger partial charge in [0.2, 0.25) is 5.95 Å². The molecule has 0 aliphatic heterocycles. The Balaban J connectivity index is 2.30. The molecular formula is C13H14ClN3O2. The summed E-state index contributed by atoms with van der Waals surface area (Å²) >= 11 is 5.83. The average molecular weight is 280 g/mol. The van der Waals surface area contributed by atoms with Gasteiger partial charge in [0, 0.05) is 11.3 Å². The highest BCUT2D eigenvalue weighted by Crippen LogP contribution is 2.21. The first-order valence-corrected chi connectivity index (χ1v) is 6.15. The number of carbonyl (C=O) groups is 1. The normalized spacial score (nSPS) is 10.6. The van der Waals surface area contributed by atoms with E-state index in [9.17, 15) is 4.79 Å². The fourth-order valence-corrected chi connectivity index (χ4v) is 2.12. The van der Waals surface area contributed by atoms with Crippen molar-refractivity contribution < 1.29 is 9.21 Å². The molecule has 2 aromatic heterocycles. The molecule has 5 nitrogen and oxygen atoms in total. The van der Waals surface area contributed by atoms with Crippen molar-refractivity contribution in [2.24, 2.45) is 0 Å². The topological polar surface area (TPSA) is 68.0 Å². The van der Waals surface area contributed by atoms with Crippen LogP contribution in [0.15, 0.2) is 10.5 Å². The van der Waals surface area contributed by atoms with Gasteiger partial charge in [0.05, 0.1) is 5.56 Å². The van der Waals surface area contributed by atoms with Crippen LogP contribution < -0.4 is 5.32 Å². The minimum absolute atomic E-state index is 0.188. The van der Waals surface area contributed by atoms with Crippen LogP contribution in [0, 0.1) is 27.7 Å². The second-order valence-electron chi connectivity index (χ2n) is 4.32. The number of aromatic nitrogens is 2. The lowest BCUT2D eigenvalue weighted by molar-refractivity contribution is 0.102. The summed E-state index contributed by atoms with van der Waals surface area (Å²) in [5, 5.41) is 2.92. The highest BCUT2D eigenvalue weighted by molar-refractivity contribution is 6.29. The molecule has 2 rings (SSSR count). The Morgan fingerprint density at radius 3 is 2.42 bits per heavy atom. The molecule has 0 aliphatic rings. The number of hydrogen-bond donors (Lipinski definition) is 1. The first kappa shape index (κ1) is 13.5. The van der Waals surface area contributed by atoms with Gasteiger partial charge in [-0.3, -0.25) is 10.1 Å². The highest BCUT2D eigenvalue weighted by Gasteiger charge is 2.19. The molecular weight excluding hydrogens is 266 g/mol. The maximum atomic E-state index is 12.2. The highest BCUT2D eigenvalue weighted by atomic mass is 35.5. The van der Waals surface area contributed by atoms with E-state index in [2.05, 4.69) is 15.3 Å². The van der Waals surface area contributed by atoms with Crippen LogP contribution in [0.2, 0.25) is 5.15 Å². The Hall–Kier alpha value is -1.88. The van der Waals surface area contributed by atoms with Gasteiger partial charge in [0.25, 0.3) is 5.91 Å². The van der Waals surface area contributed by atoms with Crippen LogP contribution in [0.4, 0.5) is 5.95 Å². The number of furan rings is 1. The van der Waals surface area contributed by atoms with E-state index < -0.39 is 0 Å². The zero-order valence-electron chi connectivity index (χ0n) is 11.2. The predicted octanol–water partition coefficient (Wildman–Crippen LogP) is 3.21. The van der Waals surface area contributed by atoms with Crippen molar-refractivity contribution in [3.63, 3.8) is 0 Å². The summed E-state index contributed by atoms with van der Waals surface area (Å²) in [4.78, 5) is 20.3. The van der Waals surface area contributed by atoms with Gasteiger partial charge in [0.15, 0.2) is 0 Å². The Morgan fingerprint density at radius 1 is 1.21 bits per heavy atom. The van der Waals surface area contributed by atoms with Gasteiger partial charge in [-0.25, -0.2) is 9.97 Å². The van der Waals surface area contributed by atoms with Crippen molar-refractivity contribution >= 4 is 23.5 Å². The van der Waals surface area contributed by atoms with Crippen LogP contribution in [0.1, 0.15) is 33.1 Å². The molecule has 0 aliphatic carbocycles. The molecule has 0 spiro atoms. The standard InChI is InChI=1S/C13H14ClN3O2/c1-6-5-10(14)16-13(15-6)17-12(18)11-7(2)8(3)19-9(11)4/h5H,1-4H3,(H,15,16,17,18). The van der Waals surface area contributed by atoms with E-state index in [-0.39, 0.29) is 11.9 Å². The molecule has 1 N–H and O–H groups in total. The van der Waals surface area contributed by atoms with Crippen LogP contribution in [0.5, 0.6) is 0 Å². The lowest BCUT2D eigenvalue weighted by atomic mass is 10.1. The summed E-state index contributed by atoms with van der Waals surface area (Å²) in [6.45, 7) is 7.19. The third kappa shape index (κ3) is 2.76. The zero-order valence-corrected chi connectivity index (χ0v) is 11.9. The van der Waals surface area contributed by atoms with Crippen molar-refractivity contribution in [2.45, 2.75) is 27.7 Å². The number of rotatable bonds is 2. The third-order valence-electron chi connectivity index (χ3n) is 2.84. The molecule has 19 heavy (non-hydrogen) atoms. The minimum Gasteiger partial charge on any atom is -0.466 e. The van der Waals surface area contributed by atoms with Crippen LogP contribution in [0.3, 0.4) is 0 Å². The number of hydrogen-bond acceptors (Lipinski definition) is 4. The van der Waals surface area contributed by atoms with Crippen molar-refractivity contribution in [1.82, 2.24) is 9.97 Å². The molecule has 0 unspecified atom stereocenters. The first-order valence-electron chi connectivity index (χ1n) is 5.77. The molecule has 0 saturated carbocycles. The molecule has 0 atom stereocenters. The average Bonchev–Trinajstić information content (AvgIpc) is 2.51. The van der Waals surface area contributed by atoms with Crippen LogP contribution in [0.25, 0.3) is 0 Å². The number of amides is 1. The van der Waals surface area contributed by atoms with Crippen molar-refractivity contribution in [3.8, 4) is 0 Å². The number of anilines is 1. The van der Waals surface area contributed by atoms with E-state index >= 15 is 0 Å². The van der Waals surface area contributed by atoms with Crippen molar-refractivity contribution in [3.05, 3.63) is 39.6 Å². The first-order chi connectivity index (χ1) is 8.88. The number of halogens is 1. The second-order valence-corrected chi connectivity index (χ2v) is 4.71. The Morgan fingerprint density at radius 2 is 1.89 bits per heavy atom. The molecule has 1 amide bonds. The molecule has 2 aromatic rings. The minimum atomic E-state index is -0.298. The predicted molar refractivity (Wildman–Crippen MR) is 72.7 cm³/mol. The van der Waals surface area contributed by atoms with Crippen LogP contribution in [-0.2, 0) is 0 Å². The molecule has 100 valence electrons. The van der Waals surface area contributed by atoms with E-state index in [0.717, 1.165) is 11.3 Å². The smallest absolute Gasteiger partial charge is 0.261 e. The Bertz CT molecular complexity index is 629. The fraction of sp³-hybridized carbons (Fsp3) is 0.308. The van der Waals surface area contributed by atoms with Gasteiger partial charge >= 0.3 is 0 Å². The van der Waals surface area contributed by atoms with Gasteiger partial charge in [-0.15, -0.1) is 0 Å². The maximum absolute atomic E-state index is 12.2. The van der Waals surface area contributed by atoms with Gasteiger partial charge in [-0.1, -0.05) is 11.6 Å². The van der Waals surface area contributed by atoms with Crippen LogP contribution in [-0.4, -0.2) is 15.9 Å². The summed E-state index contributed by atoms with van der Waals surface area (Å²) in [6.07, 6.45) is 0. The Kier molecular flexibility index (Phi) is 3.57. The number of nitrogens with one attached hydrogen (secondary N) is 1. The van der Waals surface area contributed by atoms with Gasteiger partial charge in [-0.2, -0.15) is 0 Å². The molecule has 0 aromatic carbocycles. The quantitative estimate of drug-likeness (QED) is 0.857. The van der Waals surface area contributed by atoms with Gasteiger partial charge in [0.1, 0.15) is 16.7 Å².